The SMILES string of the molecule is O=c1cc(-c2ccccc2)on1C(Cl)c1ccccc1. The van der Waals surface area contributed by atoms with Crippen LogP contribution >= 0.6 is 11.6 Å². The van der Waals surface area contributed by atoms with Gasteiger partial charge in [-0.1, -0.05) is 72.3 Å². The predicted molar refractivity (Wildman–Crippen MR) is 78.8 cm³/mol. The zero-order valence-corrected chi connectivity index (χ0v) is 11.3. The van der Waals surface area contributed by atoms with E-state index in [2.05, 4.69) is 0 Å². The summed E-state index contributed by atoms with van der Waals surface area (Å²) in [6.07, 6.45) is 0. The van der Waals surface area contributed by atoms with Crippen LogP contribution in [-0.4, -0.2) is 4.74 Å². The Kier molecular flexibility index (Phi) is 3.44. The van der Waals surface area contributed by atoms with Crippen molar-refractivity contribution in [3.63, 3.8) is 0 Å². The minimum atomic E-state index is -0.652. The van der Waals surface area contributed by atoms with Gasteiger partial charge in [0.25, 0.3) is 5.56 Å². The van der Waals surface area contributed by atoms with Crippen LogP contribution in [0.15, 0.2) is 76.0 Å². The second-order valence-electron chi connectivity index (χ2n) is 4.38. The van der Waals surface area contributed by atoms with Gasteiger partial charge in [0.15, 0.2) is 11.3 Å². The molecule has 0 spiro atoms. The molecule has 1 atom stereocenters. The fraction of sp³-hybridized carbons (Fsp3) is 0.0625. The van der Waals surface area contributed by atoms with Gasteiger partial charge in [0.1, 0.15) is 0 Å². The summed E-state index contributed by atoms with van der Waals surface area (Å²) in [5, 5.41) is 0. The van der Waals surface area contributed by atoms with Crippen molar-refractivity contribution >= 4 is 11.6 Å². The number of benzene rings is 2. The van der Waals surface area contributed by atoms with E-state index in [4.69, 9.17) is 16.1 Å². The first-order valence-corrected chi connectivity index (χ1v) is 6.66. The first-order chi connectivity index (χ1) is 9.75. The maximum absolute atomic E-state index is 12.0. The zero-order valence-electron chi connectivity index (χ0n) is 10.6. The number of rotatable bonds is 3. The maximum Gasteiger partial charge on any atom is 0.284 e. The Morgan fingerprint density at radius 1 is 0.950 bits per heavy atom. The number of hydrogen-bond acceptors (Lipinski definition) is 2. The third-order valence-corrected chi connectivity index (χ3v) is 3.44. The smallest absolute Gasteiger partial charge is 0.284 e. The molecule has 3 aromatic rings. The minimum absolute atomic E-state index is 0.257. The molecule has 20 heavy (non-hydrogen) atoms. The summed E-state index contributed by atoms with van der Waals surface area (Å²) < 4.78 is 6.77. The standard InChI is InChI=1S/C16H12ClNO2/c17-16(13-9-5-2-6-10-13)18-15(19)11-14(20-18)12-7-3-1-4-8-12/h1-11,16H. The highest BCUT2D eigenvalue weighted by Gasteiger charge is 2.16. The van der Waals surface area contributed by atoms with Gasteiger partial charge in [-0.05, 0) is 5.56 Å². The van der Waals surface area contributed by atoms with Crippen LogP contribution in [0.5, 0.6) is 0 Å². The summed E-state index contributed by atoms with van der Waals surface area (Å²) in [5.41, 5.74) is 0.749. The summed E-state index contributed by atoms with van der Waals surface area (Å²) in [6, 6.07) is 20.3. The van der Waals surface area contributed by atoms with Gasteiger partial charge in [0.2, 0.25) is 0 Å². The third-order valence-electron chi connectivity index (χ3n) is 3.01. The zero-order chi connectivity index (χ0) is 13.9. The molecule has 100 valence electrons. The largest absolute Gasteiger partial charge is 0.374 e. The summed E-state index contributed by atoms with van der Waals surface area (Å²) >= 11 is 6.31. The van der Waals surface area contributed by atoms with Crippen LogP contribution in [0.2, 0.25) is 0 Å². The van der Waals surface area contributed by atoms with Crippen molar-refractivity contribution in [2.24, 2.45) is 0 Å². The lowest BCUT2D eigenvalue weighted by atomic mass is 10.2. The molecule has 0 bridgehead atoms. The number of hydrogen-bond donors (Lipinski definition) is 0. The average Bonchev–Trinajstić information content (AvgIpc) is 2.90. The van der Waals surface area contributed by atoms with Gasteiger partial charge >= 0.3 is 0 Å². The minimum Gasteiger partial charge on any atom is -0.374 e. The Morgan fingerprint density at radius 3 is 2.20 bits per heavy atom. The molecule has 0 aliphatic heterocycles. The van der Waals surface area contributed by atoms with Crippen molar-refractivity contribution in [1.82, 2.24) is 4.74 Å². The second kappa shape index (κ2) is 5.39. The fourth-order valence-electron chi connectivity index (χ4n) is 2.00. The first-order valence-electron chi connectivity index (χ1n) is 6.23. The molecule has 1 aromatic heterocycles. The Hall–Kier alpha value is -2.26. The lowest BCUT2D eigenvalue weighted by Gasteiger charge is -2.08. The Bertz CT molecular complexity index is 747. The van der Waals surface area contributed by atoms with Crippen molar-refractivity contribution in [2.75, 3.05) is 0 Å². The molecule has 4 heteroatoms. The van der Waals surface area contributed by atoms with Crippen LogP contribution in [0.4, 0.5) is 0 Å². The molecule has 3 nitrogen and oxygen atoms in total. The van der Waals surface area contributed by atoms with Crippen LogP contribution in [0, 0.1) is 0 Å². The van der Waals surface area contributed by atoms with Crippen LogP contribution < -0.4 is 5.56 Å². The highest BCUT2D eigenvalue weighted by Crippen LogP contribution is 2.24. The quantitative estimate of drug-likeness (QED) is 0.684. The highest BCUT2D eigenvalue weighted by atomic mass is 35.5. The number of aromatic nitrogens is 1. The van der Waals surface area contributed by atoms with Gasteiger partial charge < -0.3 is 4.52 Å². The van der Waals surface area contributed by atoms with E-state index in [-0.39, 0.29) is 5.56 Å². The highest BCUT2D eigenvalue weighted by molar-refractivity contribution is 6.20. The van der Waals surface area contributed by atoms with Gasteiger partial charge in [-0.25, -0.2) is 0 Å². The van der Waals surface area contributed by atoms with E-state index in [0.717, 1.165) is 11.1 Å². The van der Waals surface area contributed by atoms with Crippen molar-refractivity contribution in [2.45, 2.75) is 5.50 Å². The van der Waals surface area contributed by atoms with Crippen LogP contribution in [0.3, 0.4) is 0 Å². The normalized spacial score (nSPS) is 12.2. The molecule has 3 rings (SSSR count). The molecule has 0 aliphatic carbocycles. The van der Waals surface area contributed by atoms with E-state index in [1.807, 2.05) is 60.7 Å². The monoisotopic (exact) mass is 285 g/mol. The van der Waals surface area contributed by atoms with E-state index >= 15 is 0 Å². The fourth-order valence-corrected chi connectivity index (χ4v) is 2.28. The molecular weight excluding hydrogens is 274 g/mol. The van der Waals surface area contributed by atoms with Gasteiger partial charge in [-0.2, -0.15) is 0 Å². The Labute approximate surface area is 121 Å². The number of halogens is 1. The van der Waals surface area contributed by atoms with Gasteiger partial charge in [0.05, 0.1) is 6.07 Å². The Balaban J connectivity index is 2.00. The summed E-state index contributed by atoms with van der Waals surface area (Å²) in [5.74, 6) is 0.511. The molecule has 0 N–H and O–H groups in total. The second-order valence-corrected chi connectivity index (χ2v) is 4.79. The molecule has 1 unspecified atom stereocenters. The molecule has 0 amide bonds. The molecule has 0 saturated heterocycles. The van der Waals surface area contributed by atoms with Crippen LogP contribution in [0.25, 0.3) is 11.3 Å². The van der Waals surface area contributed by atoms with E-state index in [1.165, 1.54) is 10.8 Å². The molecule has 1 heterocycles. The van der Waals surface area contributed by atoms with E-state index in [9.17, 15) is 4.79 Å². The molecule has 0 radical (unpaired) electrons. The van der Waals surface area contributed by atoms with Crippen LogP contribution in [-0.2, 0) is 0 Å². The van der Waals surface area contributed by atoms with E-state index in [0.29, 0.717) is 5.76 Å². The molecule has 0 fully saturated rings. The van der Waals surface area contributed by atoms with E-state index in [1.54, 1.807) is 0 Å². The van der Waals surface area contributed by atoms with Crippen molar-refractivity contribution < 1.29 is 4.52 Å². The Morgan fingerprint density at radius 2 is 1.55 bits per heavy atom. The summed E-state index contributed by atoms with van der Waals surface area (Å²) in [6.45, 7) is 0. The number of alkyl halides is 1. The lowest BCUT2D eigenvalue weighted by Crippen LogP contribution is -2.16. The van der Waals surface area contributed by atoms with Crippen molar-refractivity contribution in [3.05, 3.63) is 82.6 Å². The van der Waals surface area contributed by atoms with E-state index < -0.39 is 5.50 Å². The molecular formula is C16H12ClNO2. The summed E-state index contributed by atoms with van der Waals surface area (Å²) in [7, 11) is 0. The molecule has 0 saturated carbocycles. The molecule has 2 aromatic carbocycles. The predicted octanol–water partition coefficient (Wildman–Crippen LogP) is 3.89. The average molecular weight is 286 g/mol. The maximum atomic E-state index is 12.0. The third kappa shape index (κ3) is 2.40. The number of nitrogens with zero attached hydrogens (tertiary/aromatic N) is 1. The van der Waals surface area contributed by atoms with Gasteiger partial charge in [-0.3, -0.25) is 4.79 Å². The topological polar surface area (TPSA) is 35.1 Å². The summed E-state index contributed by atoms with van der Waals surface area (Å²) in [4.78, 5) is 12.0. The van der Waals surface area contributed by atoms with Gasteiger partial charge in [0, 0.05) is 5.56 Å². The van der Waals surface area contributed by atoms with Crippen molar-refractivity contribution in [3.8, 4) is 11.3 Å². The van der Waals surface area contributed by atoms with Crippen molar-refractivity contribution in [1.29, 1.82) is 0 Å². The lowest BCUT2D eigenvalue weighted by molar-refractivity contribution is 0.278. The molecule has 0 aliphatic rings. The first kappa shape index (κ1) is 12.8. The van der Waals surface area contributed by atoms with Gasteiger partial charge in [-0.15, -0.1) is 4.74 Å². The van der Waals surface area contributed by atoms with Crippen LogP contribution in [0.1, 0.15) is 11.1 Å².